The number of ketones is 1. The molecule has 1 aromatic heterocycles. The Morgan fingerprint density at radius 3 is 2.73 bits per heavy atom. The van der Waals surface area contributed by atoms with Gasteiger partial charge < -0.3 is 10.4 Å². The molecular weight excluding hydrogens is 398 g/mol. The fourth-order valence-electron chi connectivity index (χ4n) is 4.12. The van der Waals surface area contributed by atoms with Gasteiger partial charge in [0.15, 0.2) is 5.78 Å². The molecule has 1 saturated heterocycles. The molecule has 1 fully saturated rings. The van der Waals surface area contributed by atoms with Crippen molar-refractivity contribution in [2.45, 2.75) is 31.9 Å². The second-order valence-electron chi connectivity index (χ2n) is 7.86. The van der Waals surface area contributed by atoms with Gasteiger partial charge in [-0.2, -0.15) is 0 Å². The number of rotatable bonds is 7. The first-order chi connectivity index (χ1) is 14.6. The molecule has 2 N–H and O–H groups in total. The third-order valence-electron chi connectivity index (χ3n) is 5.69. The van der Waals surface area contributed by atoms with Crippen molar-refractivity contribution in [2.24, 2.45) is 0 Å². The summed E-state index contributed by atoms with van der Waals surface area (Å²) < 4.78 is 0. The minimum absolute atomic E-state index is 0.0424. The van der Waals surface area contributed by atoms with Gasteiger partial charge in [-0.05, 0) is 42.7 Å². The zero-order chi connectivity index (χ0) is 20.9. The van der Waals surface area contributed by atoms with Crippen molar-refractivity contribution >= 4 is 34.0 Å². The van der Waals surface area contributed by atoms with Crippen molar-refractivity contribution in [2.75, 3.05) is 25.0 Å². The Balaban J connectivity index is 1.30. The van der Waals surface area contributed by atoms with E-state index in [0.29, 0.717) is 24.0 Å². The molecule has 0 unspecified atom stereocenters. The summed E-state index contributed by atoms with van der Waals surface area (Å²) in [4.78, 5) is 19.4. The largest absolute Gasteiger partial charge is 0.392 e. The van der Waals surface area contributed by atoms with Crippen LogP contribution in [0, 0.1) is 0 Å². The van der Waals surface area contributed by atoms with Crippen LogP contribution < -0.4 is 5.32 Å². The van der Waals surface area contributed by atoms with Gasteiger partial charge in [-0.15, -0.1) is 0 Å². The Kier molecular flexibility index (Phi) is 6.62. The third-order valence-corrected chi connectivity index (χ3v) is 5.92. The Labute approximate surface area is 181 Å². The fraction of sp³-hybridized carbons (Fsp3) is 0.333. The van der Waals surface area contributed by atoms with Gasteiger partial charge in [0.1, 0.15) is 0 Å². The molecule has 1 aliphatic rings. The second-order valence-corrected chi connectivity index (χ2v) is 8.30. The van der Waals surface area contributed by atoms with Crippen LogP contribution in [0.5, 0.6) is 0 Å². The van der Waals surface area contributed by atoms with Crippen molar-refractivity contribution in [1.82, 2.24) is 9.88 Å². The van der Waals surface area contributed by atoms with Crippen molar-refractivity contribution < 1.29 is 9.90 Å². The standard InChI is InChI=1S/C24H26ClN3O2/c25-20-6-7-23(19(13-20)16-29)27-21-8-11-28(12-9-21)15-22(30)14-18-4-1-3-17-5-2-10-26-24(17)18/h1-7,10,13,21,27,29H,8-9,11-12,14-16H2. The van der Waals surface area contributed by atoms with E-state index in [9.17, 15) is 9.90 Å². The van der Waals surface area contributed by atoms with Gasteiger partial charge in [-0.25, -0.2) is 0 Å². The van der Waals surface area contributed by atoms with Crippen LogP contribution in [-0.4, -0.2) is 46.4 Å². The molecule has 0 amide bonds. The molecule has 2 heterocycles. The number of pyridine rings is 1. The van der Waals surface area contributed by atoms with E-state index < -0.39 is 0 Å². The number of aliphatic hydroxyl groups excluding tert-OH is 1. The number of anilines is 1. The van der Waals surface area contributed by atoms with Gasteiger partial charge in [0.25, 0.3) is 0 Å². The Morgan fingerprint density at radius 2 is 1.93 bits per heavy atom. The van der Waals surface area contributed by atoms with E-state index >= 15 is 0 Å². The molecule has 1 aliphatic heterocycles. The summed E-state index contributed by atoms with van der Waals surface area (Å²) in [6.07, 6.45) is 4.10. The molecule has 0 bridgehead atoms. The highest BCUT2D eigenvalue weighted by Crippen LogP contribution is 2.24. The van der Waals surface area contributed by atoms with Gasteiger partial charge >= 0.3 is 0 Å². The zero-order valence-electron chi connectivity index (χ0n) is 16.9. The highest BCUT2D eigenvalue weighted by molar-refractivity contribution is 6.30. The van der Waals surface area contributed by atoms with Crippen molar-refractivity contribution in [3.63, 3.8) is 0 Å². The molecule has 6 heteroatoms. The molecule has 2 aromatic carbocycles. The number of nitrogens with one attached hydrogen (secondary N) is 1. The number of carbonyl (C=O) groups is 1. The number of piperidine rings is 1. The van der Waals surface area contributed by atoms with Gasteiger partial charge in [-0.1, -0.05) is 35.9 Å². The molecule has 4 rings (SSSR count). The lowest BCUT2D eigenvalue weighted by Crippen LogP contribution is -2.41. The summed E-state index contributed by atoms with van der Waals surface area (Å²) in [6.45, 7) is 2.18. The lowest BCUT2D eigenvalue weighted by Gasteiger charge is -2.32. The number of hydrogen-bond donors (Lipinski definition) is 2. The first-order valence-electron chi connectivity index (χ1n) is 10.3. The number of halogens is 1. The fourth-order valence-corrected chi connectivity index (χ4v) is 4.31. The lowest BCUT2D eigenvalue weighted by molar-refractivity contribution is -0.119. The Hall–Kier alpha value is -2.47. The number of aliphatic hydroxyl groups is 1. The van der Waals surface area contributed by atoms with Crippen LogP contribution >= 0.6 is 11.6 Å². The average molecular weight is 424 g/mol. The number of benzene rings is 2. The highest BCUT2D eigenvalue weighted by atomic mass is 35.5. The van der Waals surface area contributed by atoms with Crippen LogP contribution in [0.4, 0.5) is 5.69 Å². The summed E-state index contributed by atoms with van der Waals surface area (Å²) in [5.41, 5.74) is 3.65. The molecule has 0 atom stereocenters. The molecule has 0 saturated carbocycles. The summed E-state index contributed by atoms with van der Waals surface area (Å²) in [6, 6.07) is 15.8. The number of fused-ring (bicyclic) bond motifs is 1. The van der Waals surface area contributed by atoms with E-state index in [1.54, 1.807) is 12.3 Å². The SMILES string of the molecule is O=C(Cc1cccc2cccnc12)CN1CCC(Nc2ccc(Cl)cc2CO)CC1. The van der Waals surface area contributed by atoms with Crippen molar-refractivity contribution in [1.29, 1.82) is 0 Å². The summed E-state index contributed by atoms with van der Waals surface area (Å²) in [5, 5.41) is 14.8. The second kappa shape index (κ2) is 9.56. The van der Waals surface area contributed by atoms with E-state index in [-0.39, 0.29) is 12.4 Å². The van der Waals surface area contributed by atoms with E-state index in [2.05, 4.69) is 15.2 Å². The molecule has 0 spiro atoms. The predicted octanol–water partition coefficient (Wildman–Crippen LogP) is 4.07. The van der Waals surface area contributed by atoms with Crippen molar-refractivity contribution in [3.05, 3.63) is 70.9 Å². The topological polar surface area (TPSA) is 65.5 Å². The van der Waals surface area contributed by atoms with Crippen LogP contribution in [0.25, 0.3) is 10.9 Å². The van der Waals surface area contributed by atoms with E-state index in [0.717, 1.165) is 53.6 Å². The van der Waals surface area contributed by atoms with Gasteiger partial charge in [0.2, 0.25) is 0 Å². The summed E-state index contributed by atoms with van der Waals surface area (Å²) >= 11 is 6.01. The van der Waals surface area contributed by atoms with Crippen molar-refractivity contribution in [3.8, 4) is 0 Å². The van der Waals surface area contributed by atoms with E-state index in [1.807, 2.05) is 42.5 Å². The summed E-state index contributed by atoms with van der Waals surface area (Å²) in [7, 11) is 0. The van der Waals surface area contributed by atoms with Crippen LogP contribution in [0.2, 0.25) is 5.02 Å². The van der Waals surface area contributed by atoms with Crippen LogP contribution in [0.1, 0.15) is 24.0 Å². The van der Waals surface area contributed by atoms with E-state index in [1.165, 1.54) is 0 Å². The quantitative estimate of drug-likeness (QED) is 0.599. The first kappa shape index (κ1) is 20.8. The number of Topliss-reactive ketones (excluding diaryl/α,β-unsaturated/α-hetero) is 1. The maximum absolute atomic E-state index is 12.7. The van der Waals surface area contributed by atoms with Gasteiger partial charge in [0.05, 0.1) is 18.7 Å². The minimum Gasteiger partial charge on any atom is -0.392 e. The van der Waals surface area contributed by atoms with Crippen LogP contribution in [0.3, 0.4) is 0 Å². The zero-order valence-corrected chi connectivity index (χ0v) is 17.6. The Bertz CT molecular complexity index is 1030. The third kappa shape index (κ3) is 4.98. The maximum atomic E-state index is 12.7. The predicted molar refractivity (Wildman–Crippen MR) is 121 cm³/mol. The van der Waals surface area contributed by atoms with E-state index in [4.69, 9.17) is 11.6 Å². The normalized spacial score (nSPS) is 15.4. The number of nitrogens with zero attached hydrogens (tertiary/aromatic N) is 2. The molecule has 3 aromatic rings. The molecular formula is C24H26ClN3O2. The Morgan fingerprint density at radius 1 is 1.13 bits per heavy atom. The maximum Gasteiger partial charge on any atom is 0.151 e. The van der Waals surface area contributed by atoms with Gasteiger partial charge in [0, 0.05) is 53.4 Å². The molecule has 156 valence electrons. The highest BCUT2D eigenvalue weighted by Gasteiger charge is 2.21. The average Bonchev–Trinajstić information content (AvgIpc) is 2.76. The van der Waals surface area contributed by atoms with Crippen LogP contribution in [0.15, 0.2) is 54.7 Å². The molecule has 0 aliphatic carbocycles. The number of carbonyl (C=O) groups excluding carboxylic acids is 1. The minimum atomic E-state index is -0.0424. The number of hydrogen-bond acceptors (Lipinski definition) is 5. The first-order valence-corrected chi connectivity index (χ1v) is 10.7. The number of likely N-dealkylation sites (tertiary alicyclic amines) is 1. The summed E-state index contributed by atoms with van der Waals surface area (Å²) in [5.74, 6) is 0.222. The lowest BCUT2D eigenvalue weighted by atomic mass is 10.0. The molecule has 30 heavy (non-hydrogen) atoms. The molecule has 5 nitrogen and oxygen atoms in total. The monoisotopic (exact) mass is 423 g/mol. The number of para-hydroxylation sites is 1. The van der Waals surface area contributed by atoms with Crippen LogP contribution in [-0.2, 0) is 17.8 Å². The smallest absolute Gasteiger partial charge is 0.151 e. The van der Waals surface area contributed by atoms with Gasteiger partial charge in [-0.3, -0.25) is 14.7 Å². The number of aromatic nitrogens is 1. The molecule has 0 radical (unpaired) electrons.